The number of hydrogen-bond acceptors (Lipinski definition) is 2. The van der Waals surface area contributed by atoms with E-state index in [1.807, 2.05) is 42.8 Å². The van der Waals surface area contributed by atoms with Crippen molar-refractivity contribution in [3.63, 3.8) is 0 Å². The van der Waals surface area contributed by atoms with Gasteiger partial charge in [-0.3, -0.25) is 0 Å². The van der Waals surface area contributed by atoms with Crippen LogP contribution in [0.25, 0.3) is 5.69 Å². The van der Waals surface area contributed by atoms with E-state index < -0.39 is 0 Å². The van der Waals surface area contributed by atoms with Crippen LogP contribution in [0.1, 0.15) is 11.3 Å². The van der Waals surface area contributed by atoms with Crippen molar-refractivity contribution in [2.75, 3.05) is 5.73 Å². The smallest absolute Gasteiger partial charge is 0.0679 e. The van der Waals surface area contributed by atoms with Crippen molar-refractivity contribution in [3.05, 3.63) is 41.7 Å². The summed E-state index contributed by atoms with van der Waals surface area (Å²) in [6, 6.07) is 7.82. The van der Waals surface area contributed by atoms with Gasteiger partial charge in [-0.25, -0.2) is 4.68 Å². The average Bonchev–Trinajstić information content (AvgIpc) is 2.52. The predicted molar refractivity (Wildman–Crippen MR) is 57.5 cm³/mol. The first-order valence-electron chi connectivity index (χ1n) is 4.55. The van der Waals surface area contributed by atoms with Crippen LogP contribution in [0, 0.1) is 13.8 Å². The van der Waals surface area contributed by atoms with E-state index in [0.29, 0.717) is 0 Å². The van der Waals surface area contributed by atoms with E-state index in [4.69, 9.17) is 5.73 Å². The number of nitrogen functional groups attached to an aromatic ring is 1. The molecule has 0 radical (unpaired) electrons. The molecule has 0 spiro atoms. The van der Waals surface area contributed by atoms with Crippen molar-refractivity contribution in [2.45, 2.75) is 13.8 Å². The summed E-state index contributed by atoms with van der Waals surface area (Å²) >= 11 is 0. The van der Waals surface area contributed by atoms with E-state index >= 15 is 0 Å². The molecular weight excluding hydrogens is 174 g/mol. The maximum Gasteiger partial charge on any atom is 0.0679 e. The second-order valence-electron chi connectivity index (χ2n) is 3.43. The summed E-state index contributed by atoms with van der Waals surface area (Å²) in [5, 5.41) is 4.25. The van der Waals surface area contributed by atoms with Crippen LogP contribution in [0.3, 0.4) is 0 Å². The SMILES string of the molecule is Cc1cc(N)ccc1-n1nccc1C. The molecule has 0 bridgehead atoms. The van der Waals surface area contributed by atoms with E-state index in [1.54, 1.807) is 6.20 Å². The van der Waals surface area contributed by atoms with Gasteiger partial charge in [0, 0.05) is 17.6 Å². The van der Waals surface area contributed by atoms with Crippen LogP contribution in [0.5, 0.6) is 0 Å². The maximum atomic E-state index is 5.69. The summed E-state index contributed by atoms with van der Waals surface area (Å²) in [6.07, 6.45) is 1.80. The largest absolute Gasteiger partial charge is 0.399 e. The molecule has 3 nitrogen and oxygen atoms in total. The van der Waals surface area contributed by atoms with Crippen LogP contribution in [0.15, 0.2) is 30.5 Å². The van der Waals surface area contributed by atoms with Gasteiger partial charge in [-0.15, -0.1) is 0 Å². The normalized spacial score (nSPS) is 10.4. The summed E-state index contributed by atoms with van der Waals surface area (Å²) < 4.78 is 1.91. The van der Waals surface area contributed by atoms with Gasteiger partial charge in [-0.2, -0.15) is 5.10 Å². The Balaban J connectivity index is 2.58. The van der Waals surface area contributed by atoms with Gasteiger partial charge >= 0.3 is 0 Å². The van der Waals surface area contributed by atoms with Crippen molar-refractivity contribution < 1.29 is 0 Å². The Kier molecular flexibility index (Phi) is 2.00. The maximum absolute atomic E-state index is 5.69. The molecule has 2 rings (SSSR count). The Bertz CT molecular complexity index is 457. The van der Waals surface area contributed by atoms with E-state index in [0.717, 1.165) is 22.6 Å². The molecule has 1 heterocycles. The van der Waals surface area contributed by atoms with Gasteiger partial charge in [0.05, 0.1) is 5.69 Å². The number of rotatable bonds is 1. The quantitative estimate of drug-likeness (QED) is 0.694. The minimum absolute atomic E-state index is 0.788. The number of aryl methyl sites for hydroxylation is 2. The minimum atomic E-state index is 0.788. The van der Waals surface area contributed by atoms with Crippen molar-refractivity contribution in [1.29, 1.82) is 0 Å². The highest BCUT2D eigenvalue weighted by molar-refractivity contribution is 5.50. The molecule has 1 aromatic heterocycles. The third-order valence-corrected chi connectivity index (χ3v) is 2.28. The molecule has 1 aromatic carbocycles. The molecule has 72 valence electrons. The van der Waals surface area contributed by atoms with Crippen molar-refractivity contribution in [3.8, 4) is 5.69 Å². The molecular formula is C11H13N3. The van der Waals surface area contributed by atoms with E-state index in [-0.39, 0.29) is 0 Å². The molecule has 2 N–H and O–H groups in total. The number of nitrogens with two attached hydrogens (primary N) is 1. The highest BCUT2D eigenvalue weighted by Crippen LogP contribution is 2.17. The first kappa shape index (κ1) is 8.81. The zero-order chi connectivity index (χ0) is 10.1. The van der Waals surface area contributed by atoms with Gasteiger partial charge in [-0.05, 0) is 43.7 Å². The number of hydrogen-bond donors (Lipinski definition) is 1. The Morgan fingerprint density at radius 2 is 2.00 bits per heavy atom. The van der Waals surface area contributed by atoms with E-state index in [9.17, 15) is 0 Å². The second-order valence-corrected chi connectivity index (χ2v) is 3.43. The Morgan fingerprint density at radius 3 is 2.57 bits per heavy atom. The molecule has 0 saturated heterocycles. The number of benzene rings is 1. The Morgan fingerprint density at radius 1 is 1.21 bits per heavy atom. The molecule has 3 heteroatoms. The summed E-state index contributed by atoms with van der Waals surface area (Å²) in [7, 11) is 0. The van der Waals surface area contributed by atoms with Crippen LogP contribution in [-0.2, 0) is 0 Å². The monoisotopic (exact) mass is 187 g/mol. The van der Waals surface area contributed by atoms with Gasteiger partial charge in [0.2, 0.25) is 0 Å². The summed E-state index contributed by atoms with van der Waals surface area (Å²) in [4.78, 5) is 0. The summed E-state index contributed by atoms with van der Waals surface area (Å²) in [5.74, 6) is 0. The first-order valence-corrected chi connectivity index (χ1v) is 4.55. The zero-order valence-corrected chi connectivity index (χ0v) is 8.36. The molecule has 0 aliphatic carbocycles. The molecule has 0 atom stereocenters. The number of nitrogens with zero attached hydrogens (tertiary/aromatic N) is 2. The molecule has 2 aromatic rings. The first-order chi connectivity index (χ1) is 6.68. The van der Waals surface area contributed by atoms with Gasteiger partial charge in [0.1, 0.15) is 0 Å². The Labute approximate surface area is 83.2 Å². The van der Waals surface area contributed by atoms with Crippen molar-refractivity contribution in [1.82, 2.24) is 9.78 Å². The number of aromatic nitrogens is 2. The number of anilines is 1. The van der Waals surface area contributed by atoms with Gasteiger partial charge < -0.3 is 5.73 Å². The fourth-order valence-electron chi connectivity index (χ4n) is 1.54. The van der Waals surface area contributed by atoms with Crippen LogP contribution in [0.4, 0.5) is 5.69 Å². The van der Waals surface area contributed by atoms with E-state index in [2.05, 4.69) is 5.10 Å². The van der Waals surface area contributed by atoms with Crippen LogP contribution >= 0.6 is 0 Å². The summed E-state index contributed by atoms with van der Waals surface area (Å²) in [5.41, 5.74) is 9.82. The summed E-state index contributed by atoms with van der Waals surface area (Å²) in [6.45, 7) is 4.07. The van der Waals surface area contributed by atoms with Crippen molar-refractivity contribution in [2.24, 2.45) is 0 Å². The third kappa shape index (κ3) is 1.37. The van der Waals surface area contributed by atoms with Gasteiger partial charge in [0.25, 0.3) is 0 Å². The Hall–Kier alpha value is -1.77. The van der Waals surface area contributed by atoms with Gasteiger partial charge in [0.15, 0.2) is 0 Å². The van der Waals surface area contributed by atoms with Crippen LogP contribution in [-0.4, -0.2) is 9.78 Å². The van der Waals surface area contributed by atoms with Crippen LogP contribution in [0.2, 0.25) is 0 Å². The van der Waals surface area contributed by atoms with Crippen molar-refractivity contribution >= 4 is 5.69 Å². The van der Waals surface area contributed by atoms with E-state index in [1.165, 1.54) is 0 Å². The molecule has 0 aliphatic heterocycles. The third-order valence-electron chi connectivity index (χ3n) is 2.28. The topological polar surface area (TPSA) is 43.8 Å². The molecule has 0 unspecified atom stereocenters. The highest BCUT2D eigenvalue weighted by Gasteiger charge is 2.03. The lowest BCUT2D eigenvalue weighted by atomic mass is 10.2. The lowest BCUT2D eigenvalue weighted by molar-refractivity contribution is 0.840. The lowest BCUT2D eigenvalue weighted by Crippen LogP contribution is -2.01. The fourth-order valence-corrected chi connectivity index (χ4v) is 1.54. The molecule has 0 fully saturated rings. The van der Waals surface area contributed by atoms with Gasteiger partial charge in [-0.1, -0.05) is 0 Å². The standard InChI is InChI=1S/C11H13N3/c1-8-7-10(12)3-4-11(8)14-9(2)5-6-13-14/h3-7H,12H2,1-2H3. The zero-order valence-electron chi connectivity index (χ0n) is 8.36. The average molecular weight is 187 g/mol. The fraction of sp³-hybridized carbons (Fsp3) is 0.182. The highest BCUT2D eigenvalue weighted by atomic mass is 15.3. The molecule has 14 heavy (non-hydrogen) atoms. The lowest BCUT2D eigenvalue weighted by Gasteiger charge is -2.08. The molecule has 0 saturated carbocycles. The predicted octanol–water partition coefficient (Wildman–Crippen LogP) is 2.07. The second kappa shape index (κ2) is 3.18. The van der Waals surface area contributed by atoms with Crippen LogP contribution < -0.4 is 5.73 Å². The minimum Gasteiger partial charge on any atom is -0.399 e. The molecule has 0 amide bonds. The molecule has 0 aliphatic rings.